The van der Waals surface area contributed by atoms with E-state index in [9.17, 15) is 75.6 Å². The number of sulfonamides is 5. The number of carboxylic acid groups (broad SMARTS) is 1. The number of aryl methyl sites for hydroxylation is 1. The van der Waals surface area contributed by atoms with E-state index in [-0.39, 0.29) is 148 Å². The Morgan fingerprint density at radius 1 is 0.395 bits per heavy atom. The molecule has 114 heavy (non-hydrogen) atoms. The maximum absolute atomic E-state index is 14.0. The van der Waals surface area contributed by atoms with Gasteiger partial charge in [-0.25, -0.2) is 88.5 Å². The van der Waals surface area contributed by atoms with Gasteiger partial charge in [0.15, 0.2) is 0 Å². The maximum Gasteiger partial charge on any atom is 0.341 e. The molecule has 0 aliphatic rings. The molecular formula is C74H112FN5O29S5. The molecule has 0 heterocycles. The Labute approximate surface area is 670 Å². The van der Waals surface area contributed by atoms with Crippen molar-refractivity contribution in [1.82, 2.24) is 22.4 Å². The molecule has 5 rings (SSSR count). The zero-order chi connectivity index (χ0) is 87.7. The van der Waals surface area contributed by atoms with Crippen LogP contribution in [0.3, 0.4) is 0 Å². The van der Waals surface area contributed by atoms with Crippen LogP contribution in [0.2, 0.25) is 0 Å². The number of methoxy groups -OCH3 is 4. The van der Waals surface area contributed by atoms with Gasteiger partial charge in [0, 0.05) is 84.8 Å². The van der Waals surface area contributed by atoms with E-state index in [1.165, 1.54) is 103 Å². The number of carboxylic acids is 1. The molecule has 0 spiro atoms. The number of carbonyl (C=O) groups excluding carboxylic acids is 4. The first-order valence-corrected chi connectivity index (χ1v) is 42.8. The summed E-state index contributed by atoms with van der Waals surface area (Å²) in [4.78, 5) is 58.6. The van der Waals surface area contributed by atoms with Crippen molar-refractivity contribution in [2.75, 3.05) is 142 Å². The van der Waals surface area contributed by atoms with Crippen molar-refractivity contribution in [1.29, 1.82) is 0 Å². The zero-order valence-electron chi connectivity index (χ0n) is 69.2. The average Bonchev–Trinajstić information content (AvgIpc) is 0.789. The Hall–Kier alpha value is -8.55. The number of aromatic carboxylic acids is 1. The van der Waals surface area contributed by atoms with Gasteiger partial charge in [-0.15, -0.1) is 0 Å². The summed E-state index contributed by atoms with van der Waals surface area (Å²) in [6.07, 6.45) is 0. The second kappa shape index (κ2) is 47.5. The van der Waals surface area contributed by atoms with Crippen molar-refractivity contribution in [3.8, 4) is 40.2 Å². The summed E-state index contributed by atoms with van der Waals surface area (Å²) in [7, 11) is -8.35. The molecule has 644 valence electrons. The van der Waals surface area contributed by atoms with Crippen LogP contribution < -0.4 is 42.6 Å². The first-order valence-electron chi connectivity index (χ1n) is 35.5. The Morgan fingerprint density at radius 2 is 0.711 bits per heavy atom. The number of rotatable bonds is 37. The van der Waals surface area contributed by atoms with Gasteiger partial charge in [0.2, 0.25) is 50.1 Å². The molecule has 0 saturated heterocycles. The molecule has 0 aromatic heterocycles. The van der Waals surface area contributed by atoms with Gasteiger partial charge in [0.05, 0.1) is 96.7 Å². The van der Waals surface area contributed by atoms with Crippen molar-refractivity contribution in [2.24, 2.45) is 0 Å². The Kier molecular flexibility index (Phi) is 43.1. The number of benzene rings is 5. The SMILES string of the molecule is CCOC(=O)c1cc(S(=O)(=O)N(C)C)c(F)cc1OCC.CCOC(=O)c1cc(S(=O)(=O)N(C)C)c(OC)cc1OCC.CCOC(=O)c1cc(S(=O)(=O)NC(C)(C)C)c(C)cc1OCC.CCOC(=O)c1cc(S(=O)(=O)NC(C)(C)C)c(OC)cc1OCC.CCOc1ccc(S(=O)(=O)N(CCOC)CCOC)cc1C(=O)O. The predicted molar refractivity (Wildman–Crippen MR) is 421 cm³/mol. The smallest absolute Gasteiger partial charge is 0.341 e. The third-order valence-corrected chi connectivity index (χ3v) is 23.4. The largest absolute Gasteiger partial charge is 0.495 e. The molecule has 0 radical (unpaired) electrons. The highest BCUT2D eigenvalue weighted by Gasteiger charge is 2.34. The molecule has 0 aliphatic carbocycles. The second-order valence-corrected chi connectivity index (χ2v) is 35.1. The van der Waals surface area contributed by atoms with Gasteiger partial charge in [0.25, 0.3) is 0 Å². The fourth-order valence-corrected chi connectivity index (χ4v) is 16.1. The quantitative estimate of drug-likeness (QED) is 0.0246. The Balaban J connectivity index is 0.000000713. The molecule has 0 unspecified atom stereocenters. The third-order valence-electron chi connectivity index (χ3n) is 14.2. The summed E-state index contributed by atoms with van der Waals surface area (Å²) < 4.78 is 214. The molecule has 0 fully saturated rings. The first kappa shape index (κ1) is 103. The average molecular weight is 1720 g/mol. The molecule has 5 aromatic carbocycles. The van der Waals surface area contributed by atoms with Crippen molar-refractivity contribution >= 4 is 80.0 Å². The second-order valence-electron chi connectivity index (χ2n) is 25.6. The fraction of sp³-hybridized carbons (Fsp3) is 0.527. The van der Waals surface area contributed by atoms with Gasteiger partial charge in [-0.05, 0) is 165 Å². The van der Waals surface area contributed by atoms with E-state index < -0.39 is 102 Å². The van der Waals surface area contributed by atoms with Gasteiger partial charge in [-0.2, -0.15) is 4.31 Å². The highest BCUT2D eigenvalue weighted by Crippen LogP contribution is 2.37. The van der Waals surface area contributed by atoms with Crippen LogP contribution in [-0.2, 0) is 78.5 Å². The van der Waals surface area contributed by atoms with E-state index >= 15 is 0 Å². The number of halogens is 1. The minimum Gasteiger partial charge on any atom is -0.495 e. The summed E-state index contributed by atoms with van der Waals surface area (Å²) in [5.74, 6) is -3.91. The minimum atomic E-state index is -4.02. The van der Waals surface area contributed by atoms with E-state index in [1.807, 2.05) is 0 Å². The Bertz CT molecular complexity index is 4620. The molecule has 0 saturated carbocycles. The highest BCUT2D eigenvalue weighted by molar-refractivity contribution is 7.90. The summed E-state index contributed by atoms with van der Waals surface area (Å²) in [5.41, 5.74) is -0.956. The molecule has 0 amide bonds. The van der Waals surface area contributed by atoms with Crippen LogP contribution in [0.15, 0.2) is 91.2 Å². The number of nitrogens with one attached hydrogen (secondary N) is 2. The van der Waals surface area contributed by atoms with E-state index in [2.05, 4.69) is 9.44 Å². The number of carbonyl (C=O) groups is 5. The zero-order valence-corrected chi connectivity index (χ0v) is 73.3. The first-order chi connectivity index (χ1) is 53.0. The van der Waals surface area contributed by atoms with E-state index in [4.69, 9.17) is 61.6 Å². The van der Waals surface area contributed by atoms with Crippen molar-refractivity contribution in [3.05, 3.63) is 106 Å². The van der Waals surface area contributed by atoms with Crippen LogP contribution in [0.1, 0.15) is 161 Å². The standard InChI is InChI=1S/C16H25NO6S.C16H25NO5S.C15H23NO7S.C14H21NO6S.C13H18FNO5S/c1-7-22-12-10-13(21-6)14(9-11(12)15(18)23-8-2)24(19,20)17-16(3,4)5;1-7-21-13-9-11(3)14(10-12(13)15(18)22-8-2)23(19,20)17-16(4,5)6;1-4-23-14-6-5-12(11-13(14)15(17)18)24(19,20)16(7-9-21-2)8-10-22-3;1-6-20-11-9-12(19-5)13(22(17,18)15(3)4)8-10(11)14(16)21-7-2;1-5-19-11-8-10(14)12(21(17,18)15(3)4)7-9(11)13(16)20-6-2/h9-10,17H,7-8H2,1-6H3;9-10,17H,7-8H2,1-6H3;5-6,11H,4,7-10H2,1-3H3,(H,17,18);8-9H,6-7H2,1-5H3;7-8H,5-6H2,1-4H3. The van der Waals surface area contributed by atoms with Crippen LogP contribution in [0.5, 0.6) is 40.2 Å². The summed E-state index contributed by atoms with van der Waals surface area (Å²) in [5, 5.41) is 9.28. The van der Waals surface area contributed by atoms with Crippen LogP contribution in [0.25, 0.3) is 0 Å². The van der Waals surface area contributed by atoms with Gasteiger partial charge in [-0.3, -0.25) is 0 Å². The maximum atomic E-state index is 14.0. The Morgan fingerprint density at radius 3 is 1.04 bits per heavy atom. The van der Waals surface area contributed by atoms with Crippen molar-refractivity contribution in [2.45, 2.75) is 146 Å². The van der Waals surface area contributed by atoms with Gasteiger partial charge >= 0.3 is 29.8 Å². The molecule has 0 atom stereocenters. The monoisotopic (exact) mass is 1710 g/mol. The number of hydrogen-bond acceptors (Lipinski definition) is 28. The molecular weight excluding hydrogens is 1600 g/mol. The molecule has 0 aliphatic heterocycles. The number of ether oxygens (including phenoxy) is 13. The lowest BCUT2D eigenvalue weighted by Crippen LogP contribution is -2.40. The fourth-order valence-electron chi connectivity index (χ4n) is 9.39. The lowest BCUT2D eigenvalue weighted by atomic mass is 10.1. The lowest BCUT2D eigenvalue weighted by molar-refractivity contribution is 0.0511. The molecule has 34 nitrogen and oxygen atoms in total. The van der Waals surface area contributed by atoms with Gasteiger partial charge in [-0.1, -0.05) is 0 Å². The van der Waals surface area contributed by atoms with E-state index in [1.54, 1.807) is 117 Å². The van der Waals surface area contributed by atoms with Gasteiger partial charge in [0.1, 0.15) is 88.6 Å². The summed E-state index contributed by atoms with van der Waals surface area (Å²) >= 11 is 0. The minimum absolute atomic E-state index is 0.0359. The van der Waals surface area contributed by atoms with Gasteiger partial charge < -0.3 is 66.7 Å². The van der Waals surface area contributed by atoms with Crippen LogP contribution in [0, 0.1) is 12.7 Å². The normalized spacial score (nSPS) is 11.7. The lowest BCUT2D eigenvalue weighted by Gasteiger charge is -2.22. The third kappa shape index (κ3) is 30.9. The van der Waals surface area contributed by atoms with E-state index in [0.29, 0.717) is 31.1 Å². The van der Waals surface area contributed by atoms with Crippen LogP contribution in [-0.4, -0.2) is 243 Å². The molecule has 0 bridgehead atoms. The van der Waals surface area contributed by atoms with Crippen molar-refractivity contribution < 1.29 is 137 Å². The molecule has 40 heteroatoms. The topological polar surface area (TPSA) is 430 Å². The van der Waals surface area contributed by atoms with Crippen molar-refractivity contribution in [3.63, 3.8) is 0 Å². The summed E-state index contributed by atoms with van der Waals surface area (Å²) in [6, 6.07) is 13.7. The van der Waals surface area contributed by atoms with E-state index in [0.717, 1.165) is 26.8 Å². The number of hydrogen-bond donors (Lipinski definition) is 3. The van der Waals surface area contributed by atoms with Crippen LogP contribution in [0.4, 0.5) is 4.39 Å². The summed E-state index contributed by atoms with van der Waals surface area (Å²) in [6.45, 7) is 30.2. The highest BCUT2D eigenvalue weighted by atomic mass is 32.2. The number of esters is 4. The van der Waals surface area contributed by atoms with Crippen LogP contribution >= 0.6 is 0 Å². The predicted octanol–water partition coefficient (Wildman–Crippen LogP) is 9.23. The molecule has 3 N–H and O–H groups in total. The molecule has 5 aromatic rings. The number of nitrogens with zero attached hydrogens (tertiary/aromatic N) is 3.